The van der Waals surface area contributed by atoms with Crippen molar-refractivity contribution in [1.29, 1.82) is 0 Å². The van der Waals surface area contributed by atoms with Gasteiger partial charge in [-0.1, -0.05) is 66.7 Å². The van der Waals surface area contributed by atoms with Crippen molar-refractivity contribution in [1.82, 2.24) is 15.5 Å². The highest BCUT2D eigenvalue weighted by Gasteiger charge is 2.37. The van der Waals surface area contributed by atoms with Crippen molar-refractivity contribution in [3.05, 3.63) is 108 Å². The van der Waals surface area contributed by atoms with Gasteiger partial charge in [-0.3, -0.25) is 23.7 Å². The predicted molar refractivity (Wildman–Crippen MR) is 192 cm³/mol. The number of rotatable bonds is 14. The highest BCUT2D eigenvalue weighted by atomic mass is 32.2. The number of piperidine rings is 1. The maximum Gasteiger partial charge on any atom is 0.335 e. The smallest absolute Gasteiger partial charge is 0.335 e. The zero-order valence-corrected chi connectivity index (χ0v) is 28.9. The average molecular weight is 719 g/mol. The van der Waals surface area contributed by atoms with E-state index in [1.807, 2.05) is 60.7 Å². The van der Waals surface area contributed by atoms with E-state index in [2.05, 4.69) is 10.6 Å². The molecule has 3 unspecified atom stereocenters. The normalized spacial score (nSPS) is 15.9. The van der Waals surface area contributed by atoms with Gasteiger partial charge in [0.15, 0.2) is 0 Å². The number of hydrogen-bond donors (Lipinski definition) is 5. The third-order valence-electron chi connectivity index (χ3n) is 8.22. The fraction of sp³-hybridized carbons (Fsp3) is 0.278. The molecule has 3 atom stereocenters. The zero-order chi connectivity index (χ0) is 35.7. The van der Waals surface area contributed by atoms with E-state index < -0.39 is 54.8 Å². The van der Waals surface area contributed by atoms with E-state index >= 15 is 0 Å². The molecule has 1 heterocycles. The maximum atomic E-state index is 14.1. The topological polar surface area (TPSA) is 188 Å². The Morgan fingerprint density at radius 1 is 0.860 bits per heavy atom. The van der Waals surface area contributed by atoms with Gasteiger partial charge in [0.1, 0.15) is 29.6 Å². The number of nitrogens with two attached hydrogens (primary N) is 1. The van der Waals surface area contributed by atoms with Crippen molar-refractivity contribution in [2.45, 2.75) is 43.8 Å². The minimum Gasteiger partial charge on any atom is -0.457 e. The van der Waals surface area contributed by atoms with Gasteiger partial charge in [-0.05, 0) is 65.9 Å². The number of nitrogens with zero attached hydrogens (tertiary/aromatic N) is 1. The lowest BCUT2D eigenvalue weighted by atomic mass is 9.98. The van der Waals surface area contributed by atoms with E-state index in [1.54, 1.807) is 30.3 Å². The number of carbonyl (C=O) groups is 4. The van der Waals surface area contributed by atoms with Crippen LogP contribution in [0.1, 0.15) is 35.2 Å². The fourth-order valence-electron chi connectivity index (χ4n) is 5.79. The van der Waals surface area contributed by atoms with Crippen LogP contribution >= 0.6 is 19.4 Å². The summed E-state index contributed by atoms with van der Waals surface area (Å²) in [6, 6.07) is 25.6. The van der Waals surface area contributed by atoms with Crippen LogP contribution in [0, 0.1) is 0 Å². The lowest BCUT2D eigenvalue weighted by molar-refractivity contribution is -0.144. The summed E-state index contributed by atoms with van der Waals surface area (Å²) < 4.78 is 17.4. The van der Waals surface area contributed by atoms with E-state index in [1.165, 1.54) is 11.0 Å². The number of amides is 4. The number of carbonyl (C=O) groups excluding carboxylic acids is 4. The third kappa shape index (κ3) is 10.2. The summed E-state index contributed by atoms with van der Waals surface area (Å²) in [4.78, 5) is 74.0. The molecule has 6 N–H and O–H groups in total. The monoisotopic (exact) mass is 718 g/mol. The van der Waals surface area contributed by atoms with Gasteiger partial charge in [0.25, 0.3) is 5.91 Å². The number of fused-ring (bicyclic) bond motifs is 1. The summed E-state index contributed by atoms with van der Waals surface area (Å²) in [6.07, 6.45) is 1.71. The van der Waals surface area contributed by atoms with E-state index in [0.29, 0.717) is 30.8 Å². The van der Waals surface area contributed by atoms with Crippen LogP contribution in [0.5, 0.6) is 11.5 Å². The van der Waals surface area contributed by atoms with Crippen molar-refractivity contribution in [3.63, 3.8) is 0 Å². The molecule has 5 rings (SSSR count). The van der Waals surface area contributed by atoms with Crippen LogP contribution in [0.25, 0.3) is 10.8 Å². The second kappa shape index (κ2) is 16.8. The molecule has 0 radical (unpaired) electrons. The molecule has 1 aliphatic rings. The summed E-state index contributed by atoms with van der Waals surface area (Å²) in [5.74, 6) is -1.68. The zero-order valence-electron chi connectivity index (χ0n) is 27.1. The number of thioether (sulfide) groups is 1. The summed E-state index contributed by atoms with van der Waals surface area (Å²) in [6.45, 7) is 0.207. The highest BCUT2D eigenvalue weighted by molar-refractivity contribution is 8.04. The maximum absolute atomic E-state index is 14.1. The fourth-order valence-corrected chi connectivity index (χ4v) is 7.63. The molecule has 4 aromatic rings. The summed E-state index contributed by atoms with van der Waals surface area (Å²) in [5, 5.41) is 7.46. The van der Waals surface area contributed by atoms with Crippen LogP contribution in [0.2, 0.25) is 0 Å². The van der Waals surface area contributed by atoms with Gasteiger partial charge >= 0.3 is 7.60 Å². The van der Waals surface area contributed by atoms with Gasteiger partial charge in [0, 0.05) is 24.3 Å². The number of benzene rings is 4. The number of nitrogens with one attached hydrogen (secondary N) is 2. The van der Waals surface area contributed by atoms with Gasteiger partial charge in [-0.25, -0.2) is 0 Å². The molecule has 4 aromatic carbocycles. The Bertz CT molecular complexity index is 1890. The molecule has 12 nitrogen and oxygen atoms in total. The van der Waals surface area contributed by atoms with Crippen LogP contribution in [0.3, 0.4) is 0 Å². The number of para-hydroxylation sites is 1. The third-order valence-corrected chi connectivity index (χ3v) is 10.9. The largest absolute Gasteiger partial charge is 0.457 e. The average Bonchev–Trinajstić information content (AvgIpc) is 3.10. The molecule has 1 fully saturated rings. The first-order chi connectivity index (χ1) is 24.0. The Morgan fingerprint density at radius 3 is 2.32 bits per heavy atom. The second-order valence-corrected chi connectivity index (χ2v) is 15.1. The van der Waals surface area contributed by atoms with E-state index in [-0.39, 0.29) is 24.3 Å². The highest BCUT2D eigenvalue weighted by Crippen LogP contribution is 2.39. The molecule has 4 amide bonds. The minimum atomic E-state index is -4.41. The summed E-state index contributed by atoms with van der Waals surface area (Å²) in [5.41, 5.74) is 6.15. The molecule has 50 heavy (non-hydrogen) atoms. The molecule has 0 aromatic heterocycles. The molecule has 0 saturated carbocycles. The molecular weight excluding hydrogens is 679 g/mol. The predicted octanol–water partition coefficient (Wildman–Crippen LogP) is 4.19. The molecule has 262 valence electrons. The Labute approximate surface area is 293 Å². The van der Waals surface area contributed by atoms with Crippen LogP contribution in [0.15, 0.2) is 97.1 Å². The summed E-state index contributed by atoms with van der Waals surface area (Å²) in [7, 11) is -4.41. The van der Waals surface area contributed by atoms with Crippen LogP contribution in [-0.2, 0) is 25.4 Å². The number of ether oxygens (including phenoxy) is 1. The molecule has 0 bridgehead atoms. The van der Waals surface area contributed by atoms with Gasteiger partial charge in [0.05, 0.1) is 5.49 Å². The first-order valence-corrected chi connectivity index (χ1v) is 19.1. The van der Waals surface area contributed by atoms with Crippen LogP contribution < -0.4 is 21.1 Å². The van der Waals surface area contributed by atoms with Gasteiger partial charge in [-0.2, -0.15) is 0 Å². The number of likely N-dealkylation sites (tertiary alicyclic amines) is 1. The number of primary amides is 1. The SMILES string of the molecule is NC(=O)C(Cc1ccc2ccccc2c1)NC(=O)C1CCCCN1C(=O)C(CSCP(=O)(O)O)NC(=O)c1cccc(Oc2ccccc2)c1. The first kappa shape index (κ1) is 36.6. The second-order valence-electron chi connectivity index (χ2n) is 12.0. The molecule has 0 aliphatic carbocycles. The Balaban J connectivity index is 1.31. The Kier molecular flexibility index (Phi) is 12.3. The van der Waals surface area contributed by atoms with Crippen molar-refractivity contribution in [2.24, 2.45) is 5.73 Å². The molecule has 14 heteroatoms. The molecule has 1 saturated heterocycles. The molecule has 1 aliphatic heterocycles. The lowest BCUT2D eigenvalue weighted by Gasteiger charge is -2.37. The number of hydrogen-bond acceptors (Lipinski definition) is 7. The minimum absolute atomic E-state index is 0.150. The van der Waals surface area contributed by atoms with Crippen LogP contribution in [0.4, 0.5) is 0 Å². The van der Waals surface area contributed by atoms with Crippen molar-refractivity contribution in [3.8, 4) is 11.5 Å². The standard InChI is InChI=1S/C36H39N4O8PS/c37-33(41)30(20-24-16-17-25-9-4-5-10-26(25)19-24)38-35(43)32-15-6-7-18-40(32)36(44)31(22-50-23-49(45,46)47)39-34(42)27-11-8-14-29(21-27)48-28-12-2-1-3-13-28/h1-5,8-14,16-17,19,21,30-32H,6-7,15,18,20,22-23H2,(H2,37,41)(H,38,43)(H,39,42)(H2,45,46,47). The molecule has 0 spiro atoms. The molecular formula is C36H39N4O8PS. The van der Waals surface area contributed by atoms with Gasteiger partial charge in [-0.15, -0.1) is 11.8 Å². The summed E-state index contributed by atoms with van der Waals surface area (Å²) >= 11 is 0.817. The lowest BCUT2D eigenvalue weighted by Crippen LogP contribution is -2.60. The first-order valence-electron chi connectivity index (χ1n) is 16.1. The van der Waals surface area contributed by atoms with Gasteiger partial charge in [0.2, 0.25) is 17.7 Å². The van der Waals surface area contributed by atoms with E-state index in [0.717, 1.165) is 28.1 Å². The van der Waals surface area contributed by atoms with Crippen molar-refractivity contribution >= 4 is 53.8 Å². The Morgan fingerprint density at radius 2 is 1.58 bits per heavy atom. The quantitative estimate of drug-likeness (QED) is 0.119. The van der Waals surface area contributed by atoms with E-state index in [4.69, 9.17) is 10.5 Å². The van der Waals surface area contributed by atoms with Crippen molar-refractivity contribution in [2.75, 3.05) is 17.8 Å². The van der Waals surface area contributed by atoms with E-state index in [9.17, 15) is 33.5 Å². The van der Waals surface area contributed by atoms with Crippen molar-refractivity contribution < 1.29 is 38.3 Å². The van der Waals surface area contributed by atoms with Crippen LogP contribution in [-0.4, -0.2) is 74.2 Å². The van der Waals surface area contributed by atoms with Gasteiger partial charge < -0.3 is 35.8 Å². The Hall–Kier alpha value is -4.68.